The van der Waals surface area contributed by atoms with Crippen molar-refractivity contribution in [3.63, 3.8) is 0 Å². The van der Waals surface area contributed by atoms with E-state index in [-0.39, 0.29) is 0 Å². The van der Waals surface area contributed by atoms with Crippen molar-refractivity contribution in [1.29, 1.82) is 0 Å². The van der Waals surface area contributed by atoms with Crippen LogP contribution in [0.4, 0.5) is 19.1 Å². The van der Waals surface area contributed by atoms with Crippen LogP contribution in [0.15, 0.2) is 30.9 Å². The van der Waals surface area contributed by atoms with Crippen LogP contribution in [0.1, 0.15) is 31.2 Å². The first-order valence-electron chi connectivity index (χ1n) is 9.74. The van der Waals surface area contributed by atoms with E-state index < -0.39 is 12.1 Å². The van der Waals surface area contributed by atoms with Crippen LogP contribution in [0.3, 0.4) is 0 Å². The van der Waals surface area contributed by atoms with Crippen LogP contribution >= 0.6 is 0 Å². The molecule has 0 amide bonds. The first-order chi connectivity index (χ1) is 14.2. The molecule has 2 aliphatic heterocycles. The molecule has 2 saturated heterocycles. The Kier molecular flexibility index (Phi) is 6.59. The van der Waals surface area contributed by atoms with Crippen LogP contribution in [0, 0.1) is 0 Å². The number of hydrogen-bond donors (Lipinski definition) is 1. The molecule has 4 heterocycles. The second-order valence-electron chi connectivity index (χ2n) is 7.61. The highest BCUT2D eigenvalue weighted by Crippen LogP contribution is 2.39. The van der Waals surface area contributed by atoms with Crippen LogP contribution in [-0.4, -0.2) is 67.1 Å². The van der Waals surface area contributed by atoms with Crippen molar-refractivity contribution in [3.8, 4) is 0 Å². The predicted octanol–water partition coefficient (Wildman–Crippen LogP) is 2.48. The fourth-order valence-corrected chi connectivity index (χ4v) is 4.16. The Morgan fingerprint density at radius 2 is 1.80 bits per heavy atom. The summed E-state index contributed by atoms with van der Waals surface area (Å²) >= 11 is 0. The van der Waals surface area contributed by atoms with Crippen molar-refractivity contribution >= 4 is 11.9 Å². The minimum Gasteiger partial charge on any atom is -0.475 e. The van der Waals surface area contributed by atoms with Gasteiger partial charge in [-0.2, -0.15) is 18.3 Å². The van der Waals surface area contributed by atoms with E-state index in [0.29, 0.717) is 5.54 Å². The maximum absolute atomic E-state index is 10.6. The molecule has 0 atom stereocenters. The van der Waals surface area contributed by atoms with Gasteiger partial charge in [-0.05, 0) is 38.3 Å². The summed E-state index contributed by atoms with van der Waals surface area (Å²) in [5.41, 5.74) is 1.68. The number of aliphatic carboxylic acids is 1. The summed E-state index contributed by atoms with van der Waals surface area (Å²) in [4.78, 5) is 22.7. The van der Waals surface area contributed by atoms with Gasteiger partial charge in [-0.3, -0.25) is 9.58 Å². The fraction of sp³-hybridized carbons (Fsp3) is 0.579. The van der Waals surface area contributed by atoms with Crippen molar-refractivity contribution in [2.75, 3.05) is 24.5 Å². The Balaban J connectivity index is 0.000000318. The van der Waals surface area contributed by atoms with Crippen molar-refractivity contribution in [1.82, 2.24) is 24.6 Å². The third kappa shape index (κ3) is 5.26. The smallest absolute Gasteiger partial charge is 0.475 e. The molecule has 0 aromatic carbocycles. The topological polar surface area (TPSA) is 87.4 Å². The van der Waals surface area contributed by atoms with Crippen molar-refractivity contribution < 1.29 is 23.1 Å². The number of carbonyl (C=O) groups is 1. The standard InChI is InChI=1S/C17H24N6.C2HF3O2/c1-21-13-15(12-20-21)14-23-9-2-4-17(23)5-10-22(11-6-17)16-18-7-3-8-19-16;3-2(4,5)1(6)7/h3,7-8,12-13H,2,4-6,9-11,14H2,1H3;(H,6,7). The molecular formula is C19H25F3N6O2. The third-order valence-corrected chi connectivity index (χ3v) is 5.64. The zero-order valence-electron chi connectivity index (χ0n) is 16.7. The molecule has 1 N–H and O–H groups in total. The second-order valence-corrected chi connectivity index (χ2v) is 7.61. The van der Waals surface area contributed by atoms with Gasteiger partial charge in [-0.1, -0.05) is 0 Å². The van der Waals surface area contributed by atoms with E-state index in [4.69, 9.17) is 9.90 Å². The van der Waals surface area contributed by atoms with E-state index in [1.54, 1.807) is 0 Å². The number of aromatic nitrogens is 4. The summed E-state index contributed by atoms with van der Waals surface area (Å²) in [5.74, 6) is -1.88. The van der Waals surface area contributed by atoms with Crippen LogP contribution in [0.2, 0.25) is 0 Å². The molecule has 8 nitrogen and oxygen atoms in total. The molecule has 0 aliphatic carbocycles. The lowest BCUT2D eigenvalue weighted by atomic mass is 9.85. The fourth-order valence-electron chi connectivity index (χ4n) is 4.16. The maximum Gasteiger partial charge on any atom is 0.490 e. The predicted molar refractivity (Wildman–Crippen MR) is 103 cm³/mol. The number of aryl methyl sites for hydroxylation is 1. The van der Waals surface area contributed by atoms with Gasteiger partial charge in [0, 0.05) is 56.4 Å². The lowest BCUT2D eigenvalue weighted by molar-refractivity contribution is -0.192. The number of anilines is 1. The molecule has 2 aliphatic rings. The van der Waals surface area contributed by atoms with Crippen LogP contribution in [0.25, 0.3) is 0 Å². The first-order valence-corrected chi connectivity index (χ1v) is 9.74. The highest BCUT2D eigenvalue weighted by Gasteiger charge is 2.43. The zero-order chi connectivity index (χ0) is 21.8. The largest absolute Gasteiger partial charge is 0.490 e. The van der Waals surface area contributed by atoms with Gasteiger partial charge in [0.15, 0.2) is 0 Å². The normalized spacial score (nSPS) is 18.9. The molecule has 0 bridgehead atoms. The molecule has 1 spiro atoms. The zero-order valence-corrected chi connectivity index (χ0v) is 16.7. The van der Waals surface area contributed by atoms with E-state index in [1.807, 2.05) is 36.4 Å². The number of nitrogens with zero attached hydrogens (tertiary/aromatic N) is 6. The van der Waals surface area contributed by atoms with E-state index in [2.05, 4.69) is 31.1 Å². The van der Waals surface area contributed by atoms with E-state index in [9.17, 15) is 13.2 Å². The Hall–Kier alpha value is -2.69. The van der Waals surface area contributed by atoms with E-state index in [1.165, 1.54) is 37.8 Å². The van der Waals surface area contributed by atoms with Crippen LogP contribution in [0.5, 0.6) is 0 Å². The summed E-state index contributed by atoms with van der Waals surface area (Å²) in [6.07, 6.45) is 7.74. The summed E-state index contributed by atoms with van der Waals surface area (Å²) in [6.45, 7) is 4.33. The van der Waals surface area contributed by atoms with Gasteiger partial charge >= 0.3 is 12.1 Å². The Morgan fingerprint density at radius 1 is 1.17 bits per heavy atom. The molecule has 2 fully saturated rings. The summed E-state index contributed by atoms with van der Waals surface area (Å²) in [6, 6.07) is 1.88. The quantitative estimate of drug-likeness (QED) is 0.807. The summed E-state index contributed by atoms with van der Waals surface area (Å²) in [7, 11) is 1.99. The van der Waals surface area contributed by atoms with E-state index >= 15 is 0 Å². The van der Waals surface area contributed by atoms with Gasteiger partial charge < -0.3 is 10.0 Å². The van der Waals surface area contributed by atoms with Crippen molar-refractivity contribution in [2.24, 2.45) is 7.05 Å². The summed E-state index contributed by atoms with van der Waals surface area (Å²) < 4.78 is 33.6. The average Bonchev–Trinajstić information content (AvgIpc) is 3.29. The van der Waals surface area contributed by atoms with E-state index in [0.717, 1.165) is 25.6 Å². The molecule has 0 radical (unpaired) electrons. The first kappa shape index (κ1) is 22.0. The van der Waals surface area contributed by atoms with Gasteiger partial charge in [0.1, 0.15) is 0 Å². The highest BCUT2D eigenvalue weighted by molar-refractivity contribution is 5.73. The molecule has 0 unspecified atom stereocenters. The number of halogens is 3. The van der Waals surface area contributed by atoms with Crippen LogP contribution in [-0.2, 0) is 18.4 Å². The van der Waals surface area contributed by atoms with Gasteiger partial charge in [0.25, 0.3) is 0 Å². The van der Waals surface area contributed by atoms with Gasteiger partial charge in [-0.15, -0.1) is 0 Å². The number of likely N-dealkylation sites (tertiary alicyclic amines) is 1. The van der Waals surface area contributed by atoms with Gasteiger partial charge in [-0.25, -0.2) is 14.8 Å². The van der Waals surface area contributed by atoms with Crippen molar-refractivity contribution in [2.45, 2.75) is 43.9 Å². The SMILES string of the molecule is Cn1cc(CN2CCCC23CCN(c2ncccn2)CC3)cn1.O=C(O)C(F)(F)F. The Bertz CT molecular complexity index is 834. The minimum atomic E-state index is -5.08. The highest BCUT2D eigenvalue weighted by atomic mass is 19.4. The van der Waals surface area contributed by atoms with Gasteiger partial charge in [0.2, 0.25) is 5.95 Å². The average molecular weight is 426 g/mol. The number of alkyl halides is 3. The lowest BCUT2D eigenvalue weighted by Gasteiger charge is -2.45. The van der Waals surface area contributed by atoms with Crippen LogP contribution < -0.4 is 4.90 Å². The molecule has 0 saturated carbocycles. The Morgan fingerprint density at radius 3 is 2.33 bits per heavy atom. The minimum absolute atomic E-state index is 0.362. The molecule has 2 aromatic rings. The number of hydrogen-bond acceptors (Lipinski definition) is 6. The number of rotatable bonds is 3. The summed E-state index contributed by atoms with van der Waals surface area (Å²) in [5, 5.41) is 11.4. The monoisotopic (exact) mass is 426 g/mol. The Labute approximate surface area is 172 Å². The number of carboxylic acids is 1. The molecule has 2 aromatic heterocycles. The maximum atomic E-state index is 10.6. The number of piperidine rings is 1. The van der Waals surface area contributed by atoms with Gasteiger partial charge in [0.05, 0.1) is 6.20 Å². The molecule has 30 heavy (non-hydrogen) atoms. The third-order valence-electron chi connectivity index (χ3n) is 5.64. The molecule has 11 heteroatoms. The molecule has 4 rings (SSSR count). The molecule has 164 valence electrons. The number of carboxylic acid groups (broad SMARTS) is 1. The second kappa shape index (κ2) is 8.99. The van der Waals surface area contributed by atoms with Crippen molar-refractivity contribution in [3.05, 3.63) is 36.4 Å². The lowest BCUT2D eigenvalue weighted by Crippen LogP contribution is -2.52. The molecular weight excluding hydrogens is 401 g/mol.